The molecule has 2 atom stereocenters. The monoisotopic (exact) mass is 260 g/mol. The van der Waals surface area contributed by atoms with Gasteiger partial charge in [-0.15, -0.1) is 0 Å². The molecule has 0 aliphatic carbocycles. The Hall–Kier alpha value is -0.180. The fourth-order valence-corrected chi connectivity index (χ4v) is 2.49. The van der Waals surface area contributed by atoms with Crippen LogP contribution in [0.3, 0.4) is 0 Å². The average Bonchev–Trinajstić information content (AvgIpc) is 1.73. The maximum Gasteiger partial charge on any atom is 0.264 e. The summed E-state index contributed by atoms with van der Waals surface area (Å²) in [6, 6.07) is 0. The first kappa shape index (κ1) is 14.8. The van der Waals surface area contributed by atoms with E-state index in [2.05, 4.69) is 8.37 Å². The summed E-state index contributed by atoms with van der Waals surface area (Å²) in [5.41, 5.74) is 0. The van der Waals surface area contributed by atoms with Crippen molar-refractivity contribution in [1.82, 2.24) is 0 Å². The summed E-state index contributed by atoms with van der Waals surface area (Å²) < 4.78 is 52.1. The summed E-state index contributed by atoms with van der Waals surface area (Å²) in [7, 11) is -7.04. The molecular formula is C7H16O6S2. The van der Waals surface area contributed by atoms with E-state index in [1.807, 2.05) is 0 Å². The zero-order valence-electron chi connectivity index (χ0n) is 9.13. The quantitative estimate of drug-likeness (QED) is 0.630. The van der Waals surface area contributed by atoms with E-state index in [-0.39, 0.29) is 6.42 Å². The molecule has 1 unspecified atom stereocenters. The van der Waals surface area contributed by atoms with Crippen LogP contribution in [0.4, 0.5) is 0 Å². The maximum atomic E-state index is 10.7. The van der Waals surface area contributed by atoms with Crippen LogP contribution in [0, 0.1) is 0 Å². The van der Waals surface area contributed by atoms with Crippen molar-refractivity contribution in [2.75, 3.05) is 12.5 Å². The normalized spacial score (nSPS) is 17.3. The zero-order chi connectivity index (χ0) is 12.3. The molecule has 0 radical (unpaired) electrons. The highest BCUT2D eigenvalue weighted by Gasteiger charge is 2.17. The molecule has 0 aliphatic rings. The summed E-state index contributed by atoms with van der Waals surface area (Å²) in [5.74, 6) is 0. The molecule has 0 aromatic heterocycles. The van der Waals surface area contributed by atoms with E-state index < -0.39 is 32.4 Å². The molecule has 6 nitrogen and oxygen atoms in total. The van der Waals surface area contributed by atoms with Gasteiger partial charge in [-0.2, -0.15) is 16.8 Å². The van der Waals surface area contributed by atoms with Crippen molar-refractivity contribution >= 4 is 20.2 Å². The lowest BCUT2D eigenvalue weighted by atomic mass is 10.2. The SMILES string of the molecule is CC(C[C@@H](C)OS(C)(=O)=O)OS(C)(=O)=O. The van der Waals surface area contributed by atoms with Gasteiger partial charge in [-0.25, -0.2) is 0 Å². The molecule has 0 aliphatic heterocycles. The van der Waals surface area contributed by atoms with E-state index in [1.54, 1.807) is 0 Å². The van der Waals surface area contributed by atoms with Gasteiger partial charge in [0.25, 0.3) is 20.2 Å². The Morgan fingerprint density at radius 2 is 1.13 bits per heavy atom. The van der Waals surface area contributed by atoms with Crippen molar-refractivity contribution in [3.8, 4) is 0 Å². The molecule has 0 saturated heterocycles. The fourth-order valence-electron chi connectivity index (χ4n) is 1.14. The minimum atomic E-state index is -3.52. The molecule has 0 bridgehead atoms. The van der Waals surface area contributed by atoms with Gasteiger partial charge in [-0.05, 0) is 13.8 Å². The topological polar surface area (TPSA) is 86.7 Å². The van der Waals surface area contributed by atoms with Gasteiger partial charge in [0.1, 0.15) is 0 Å². The van der Waals surface area contributed by atoms with Crippen molar-refractivity contribution in [2.24, 2.45) is 0 Å². The van der Waals surface area contributed by atoms with Crippen LogP contribution in [0.2, 0.25) is 0 Å². The van der Waals surface area contributed by atoms with Crippen LogP contribution in [-0.4, -0.2) is 41.6 Å². The summed E-state index contributed by atoms with van der Waals surface area (Å²) in [5, 5.41) is 0. The molecule has 0 fully saturated rings. The molecule has 0 amide bonds. The number of hydrogen-bond donors (Lipinski definition) is 0. The van der Waals surface area contributed by atoms with Crippen LogP contribution in [0.15, 0.2) is 0 Å². The van der Waals surface area contributed by atoms with Crippen molar-refractivity contribution in [3.05, 3.63) is 0 Å². The molecule has 0 rings (SSSR count). The minimum Gasteiger partial charge on any atom is -0.267 e. The van der Waals surface area contributed by atoms with Gasteiger partial charge in [0.15, 0.2) is 0 Å². The molecule has 15 heavy (non-hydrogen) atoms. The molecule has 0 saturated carbocycles. The van der Waals surface area contributed by atoms with E-state index >= 15 is 0 Å². The van der Waals surface area contributed by atoms with E-state index in [4.69, 9.17) is 0 Å². The fraction of sp³-hybridized carbons (Fsp3) is 1.00. The van der Waals surface area contributed by atoms with E-state index in [0.717, 1.165) is 12.5 Å². The third-order valence-corrected chi connectivity index (χ3v) is 2.70. The van der Waals surface area contributed by atoms with Gasteiger partial charge in [0, 0.05) is 6.42 Å². The molecular weight excluding hydrogens is 244 g/mol. The predicted molar refractivity (Wildman–Crippen MR) is 55.4 cm³/mol. The second-order valence-corrected chi connectivity index (χ2v) is 6.66. The first-order chi connectivity index (χ1) is 6.49. The Balaban J connectivity index is 4.14. The molecule has 92 valence electrons. The van der Waals surface area contributed by atoms with Gasteiger partial charge >= 0.3 is 0 Å². The van der Waals surface area contributed by atoms with Gasteiger partial charge in [-0.3, -0.25) is 8.37 Å². The zero-order valence-corrected chi connectivity index (χ0v) is 10.8. The second-order valence-electron chi connectivity index (χ2n) is 3.46. The summed E-state index contributed by atoms with van der Waals surface area (Å²) in [6.45, 7) is 3.06. The highest BCUT2D eigenvalue weighted by molar-refractivity contribution is 7.86. The van der Waals surface area contributed by atoms with Crippen LogP contribution in [-0.2, 0) is 28.6 Å². The molecule has 0 spiro atoms. The van der Waals surface area contributed by atoms with Crippen molar-refractivity contribution < 1.29 is 25.2 Å². The summed E-state index contributed by atoms with van der Waals surface area (Å²) in [4.78, 5) is 0. The lowest BCUT2D eigenvalue weighted by molar-refractivity contribution is 0.141. The van der Waals surface area contributed by atoms with E-state index in [0.29, 0.717) is 0 Å². The average molecular weight is 260 g/mol. The largest absolute Gasteiger partial charge is 0.267 e. The molecule has 0 N–H and O–H groups in total. The Kier molecular flexibility index (Phi) is 5.18. The summed E-state index contributed by atoms with van der Waals surface area (Å²) >= 11 is 0. The highest BCUT2D eigenvalue weighted by atomic mass is 32.2. The van der Waals surface area contributed by atoms with E-state index in [1.165, 1.54) is 13.8 Å². The Labute approximate surface area is 90.8 Å². The molecule has 0 heterocycles. The van der Waals surface area contributed by atoms with Crippen LogP contribution in [0.5, 0.6) is 0 Å². The standard InChI is InChI=1S/C7H16O6S2/c1-6(12-14(3,8)9)5-7(2)13-15(4,10)11/h6-7H,5H2,1-4H3/t6-,7?/m1/s1. The maximum absolute atomic E-state index is 10.7. The van der Waals surface area contributed by atoms with Crippen molar-refractivity contribution in [2.45, 2.75) is 32.5 Å². The lowest BCUT2D eigenvalue weighted by Gasteiger charge is -2.15. The smallest absolute Gasteiger partial charge is 0.264 e. The van der Waals surface area contributed by atoms with Gasteiger partial charge in [0.05, 0.1) is 24.7 Å². The van der Waals surface area contributed by atoms with Crippen molar-refractivity contribution in [3.63, 3.8) is 0 Å². The molecule has 0 aromatic carbocycles. The van der Waals surface area contributed by atoms with Crippen LogP contribution in [0.25, 0.3) is 0 Å². The number of hydrogen-bond acceptors (Lipinski definition) is 6. The van der Waals surface area contributed by atoms with Gasteiger partial charge in [0.2, 0.25) is 0 Å². The summed E-state index contributed by atoms with van der Waals surface area (Å²) in [6.07, 6.45) is 0.825. The Morgan fingerprint density at radius 1 is 0.867 bits per heavy atom. The predicted octanol–water partition coefficient (Wildman–Crippen LogP) is 0.106. The third-order valence-electron chi connectivity index (χ3n) is 1.34. The Morgan fingerprint density at radius 3 is 1.33 bits per heavy atom. The van der Waals surface area contributed by atoms with Crippen LogP contribution < -0.4 is 0 Å². The van der Waals surface area contributed by atoms with Crippen LogP contribution in [0.1, 0.15) is 20.3 Å². The third kappa shape index (κ3) is 10.1. The lowest BCUT2D eigenvalue weighted by Crippen LogP contribution is -2.22. The van der Waals surface area contributed by atoms with Crippen molar-refractivity contribution in [1.29, 1.82) is 0 Å². The first-order valence-corrected chi connectivity index (χ1v) is 7.89. The van der Waals surface area contributed by atoms with Gasteiger partial charge < -0.3 is 0 Å². The van der Waals surface area contributed by atoms with E-state index in [9.17, 15) is 16.8 Å². The second kappa shape index (κ2) is 5.24. The Bertz CT molecular complexity index is 344. The minimum absolute atomic E-state index is 0.181. The number of rotatable bonds is 6. The molecule has 8 heteroatoms. The van der Waals surface area contributed by atoms with Gasteiger partial charge in [-0.1, -0.05) is 0 Å². The molecule has 0 aromatic rings. The van der Waals surface area contributed by atoms with Crippen LogP contribution >= 0.6 is 0 Å². The first-order valence-electron chi connectivity index (χ1n) is 4.26. The highest BCUT2D eigenvalue weighted by Crippen LogP contribution is 2.09.